The van der Waals surface area contributed by atoms with Crippen molar-refractivity contribution >= 4 is 5.91 Å². The standard InChI is InChI=1S/C26H25N5O3/c1-18-14-19(2)16-22(15-18)31-26(34)30(17-20-8-4-3-5-9-20)25(33)23(29-31)24(32)28-13-11-21-10-6-7-12-27-21/h3-10,12,14-16H,11,13,17H2,1-2H3,(H,28,32). The number of carbonyl (C=O) groups is 1. The summed E-state index contributed by atoms with van der Waals surface area (Å²) in [6.45, 7) is 4.12. The van der Waals surface area contributed by atoms with Crippen LogP contribution in [0, 0.1) is 13.8 Å². The van der Waals surface area contributed by atoms with E-state index in [0.29, 0.717) is 12.1 Å². The molecule has 0 bridgehead atoms. The smallest absolute Gasteiger partial charge is 0.350 e. The maximum atomic E-state index is 13.3. The second-order valence-electron chi connectivity index (χ2n) is 8.09. The Morgan fingerprint density at radius 3 is 2.32 bits per heavy atom. The number of aromatic nitrogens is 4. The third-order valence-corrected chi connectivity index (χ3v) is 5.30. The topological polar surface area (TPSA) is 98.9 Å². The maximum absolute atomic E-state index is 13.3. The van der Waals surface area contributed by atoms with Crippen molar-refractivity contribution in [3.8, 4) is 5.69 Å². The van der Waals surface area contributed by atoms with E-state index in [0.717, 1.165) is 31.6 Å². The van der Waals surface area contributed by atoms with Crippen LogP contribution in [0.25, 0.3) is 5.69 Å². The van der Waals surface area contributed by atoms with Crippen LogP contribution < -0.4 is 16.6 Å². The molecule has 0 aliphatic rings. The SMILES string of the molecule is Cc1cc(C)cc(-n2nc(C(=O)NCCc3ccccn3)c(=O)n(Cc3ccccc3)c2=O)c1. The lowest BCUT2D eigenvalue weighted by Crippen LogP contribution is -2.46. The fourth-order valence-corrected chi connectivity index (χ4v) is 3.74. The highest BCUT2D eigenvalue weighted by atomic mass is 16.2. The Morgan fingerprint density at radius 1 is 0.941 bits per heavy atom. The van der Waals surface area contributed by atoms with E-state index in [9.17, 15) is 14.4 Å². The molecule has 2 aromatic heterocycles. The highest BCUT2D eigenvalue weighted by Gasteiger charge is 2.20. The number of amides is 1. The van der Waals surface area contributed by atoms with Crippen LogP contribution in [-0.2, 0) is 13.0 Å². The van der Waals surface area contributed by atoms with Gasteiger partial charge in [-0.15, -0.1) is 0 Å². The van der Waals surface area contributed by atoms with Crippen molar-refractivity contribution in [1.82, 2.24) is 24.6 Å². The lowest BCUT2D eigenvalue weighted by Gasteiger charge is -2.13. The Morgan fingerprint density at radius 2 is 1.65 bits per heavy atom. The van der Waals surface area contributed by atoms with Gasteiger partial charge in [0, 0.05) is 24.9 Å². The molecular weight excluding hydrogens is 430 g/mol. The van der Waals surface area contributed by atoms with E-state index in [1.807, 2.05) is 68.4 Å². The summed E-state index contributed by atoms with van der Waals surface area (Å²) in [6, 6.07) is 20.3. The highest BCUT2D eigenvalue weighted by Crippen LogP contribution is 2.11. The first-order valence-electron chi connectivity index (χ1n) is 11.0. The summed E-state index contributed by atoms with van der Waals surface area (Å²) in [4.78, 5) is 43.7. The monoisotopic (exact) mass is 455 g/mol. The van der Waals surface area contributed by atoms with Gasteiger partial charge in [0.05, 0.1) is 12.2 Å². The second-order valence-corrected chi connectivity index (χ2v) is 8.09. The minimum absolute atomic E-state index is 0.0278. The normalized spacial score (nSPS) is 10.8. The zero-order valence-electron chi connectivity index (χ0n) is 19.1. The van der Waals surface area contributed by atoms with Gasteiger partial charge in [0.1, 0.15) is 0 Å². The minimum Gasteiger partial charge on any atom is -0.350 e. The summed E-state index contributed by atoms with van der Waals surface area (Å²) in [6.07, 6.45) is 2.18. The number of hydrogen-bond donors (Lipinski definition) is 1. The van der Waals surface area contributed by atoms with Crippen molar-refractivity contribution in [2.45, 2.75) is 26.8 Å². The molecule has 0 aliphatic carbocycles. The molecule has 0 saturated carbocycles. The van der Waals surface area contributed by atoms with E-state index < -0.39 is 17.2 Å². The molecule has 0 aliphatic heterocycles. The van der Waals surface area contributed by atoms with E-state index >= 15 is 0 Å². The van der Waals surface area contributed by atoms with Crippen molar-refractivity contribution < 1.29 is 4.79 Å². The van der Waals surface area contributed by atoms with Gasteiger partial charge in [0.2, 0.25) is 5.69 Å². The largest absolute Gasteiger partial charge is 0.352 e. The first kappa shape index (κ1) is 22.8. The molecule has 0 spiro atoms. The number of nitrogens with zero attached hydrogens (tertiary/aromatic N) is 4. The van der Waals surface area contributed by atoms with Crippen molar-refractivity contribution in [1.29, 1.82) is 0 Å². The Labute approximate surface area is 196 Å². The third kappa shape index (κ3) is 5.17. The molecule has 0 radical (unpaired) electrons. The lowest BCUT2D eigenvalue weighted by atomic mass is 10.1. The number of nitrogens with one attached hydrogen (secondary N) is 1. The van der Waals surface area contributed by atoms with E-state index in [2.05, 4.69) is 15.4 Å². The molecule has 2 heterocycles. The zero-order valence-corrected chi connectivity index (χ0v) is 19.1. The highest BCUT2D eigenvalue weighted by molar-refractivity contribution is 5.91. The van der Waals surface area contributed by atoms with E-state index in [4.69, 9.17) is 0 Å². The summed E-state index contributed by atoms with van der Waals surface area (Å²) in [5.74, 6) is -0.638. The summed E-state index contributed by atoms with van der Waals surface area (Å²) in [5, 5.41) is 6.93. The zero-order chi connectivity index (χ0) is 24.1. The molecule has 4 aromatic rings. The Kier molecular flexibility index (Phi) is 6.77. The summed E-state index contributed by atoms with van der Waals surface area (Å²) >= 11 is 0. The number of benzene rings is 2. The van der Waals surface area contributed by atoms with E-state index in [1.54, 1.807) is 18.3 Å². The first-order chi connectivity index (χ1) is 16.4. The Hall–Kier alpha value is -4.33. The fraction of sp³-hybridized carbons (Fsp3) is 0.192. The molecule has 2 aromatic carbocycles. The minimum atomic E-state index is -0.732. The lowest BCUT2D eigenvalue weighted by molar-refractivity contribution is 0.0944. The van der Waals surface area contributed by atoms with Crippen LogP contribution in [0.5, 0.6) is 0 Å². The predicted molar refractivity (Wildman–Crippen MR) is 129 cm³/mol. The van der Waals surface area contributed by atoms with E-state index in [-0.39, 0.29) is 18.8 Å². The summed E-state index contributed by atoms with van der Waals surface area (Å²) in [7, 11) is 0. The quantitative estimate of drug-likeness (QED) is 0.462. The van der Waals surface area contributed by atoms with Crippen LogP contribution in [-0.4, -0.2) is 31.8 Å². The van der Waals surface area contributed by atoms with Crippen LogP contribution in [0.2, 0.25) is 0 Å². The van der Waals surface area contributed by atoms with Gasteiger partial charge < -0.3 is 5.32 Å². The molecule has 8 nitrogen and oxygen atoms in total. The molecule has 34 heavy (non-hydrogen) atoms. The van der Waals surface area contributed by atoms with Crippen LogP contribution in [0.15, 0.2) is 82.5 Å². The first-order valence-corrected chi connectivity index (χ1v) is 11.0. The van der Waals surface area contributed by atoms with Crippen LogP contribution in [0.3, 0.4) is 0 Å². The second kappa shape index (κ2) is 10.1. The molecule has 0 saturated heterocycles. The molecule has 4 rings (SSSR count). The Bertz CT molecular complexity index is 1410. The average molecular weight is 456 g/mol. The molecular formula is C26H25N5O3. The molecule has 8 heteroatoms. The average Bonchev–Trinajstić information content (AvgIpc) is 2.82. The van der Waals surface area contributed by atoms with Crippen molar-refractivity contribution in [2.75, 3.05) is 6.54 Å². The van der Waals surface area contributed by atoms with Gasteiger partial charge in [-0.05, 0) is 54.8 Å². The Balaban J connectivity index is 1.74. The van der Waals surface area contributed by atoms with Crippen LogP contribution in [0.1, 0.15) is 32.9 Å². The molecule has 1 N–H and O–H groups in total. The number of hydrogen-bond acceptors (Lipinski definition) is 5. The molecule has 172 valence electrons. The van der Waals surface area contributed by atoms with Gasteiger partial charge >= 0.3 is 5.69 Å². The number of aryl methyl sites for hydroxylation is 2. The molecule has 1 amide bonds. The number of carbonyl (C=O) groups excluding carboxylic acids is 1. The van der Waals surface area contributed by atoms with Gasteiger partial charge in [-0.3, -0.25) is 19.1 Å². The van der Waals surface area contributed by atoms with Gasteiger partial charge in [-0.2, -0.15) is 9.78 Å². The van der Waals surface area contributed by atoms with Crippen molar-refractivity contribution in [3.05, 3.63) is 122 Å². The third-order valence-electron chi connectivity index (χ3n) is 5.30. The summed E-state index contributed by atoms with van der Waals surface area (Å²) in [5.41, 5.74) is 2.27. The predicted octanol–water partition coefficient (Wildman–Crippen LogP) is 2.43. The van der Waals surface area contributed by atoms with Crippen LogP contribution >= 0.6 is 0 Å². The molecule has 0 atom stereocenters. The van der Waals surface area contributed by atoms with E-state index in [1.165, 1.54) is 0 Å². The van der Waals surface area contributed by atoms with Gasteiger partial charge in [0.25, 0.3) is 11.5 Å². The molecule has 0 fully saturated rings. The van der Waals surface area contributed by atoms with Crippen molar-refractivity contribution in [2.24, 2.45) is 0 Å². The fourth-order valence-electron chi connectivity index (χ4n) is 3.74. The number of pyridine rings is 1. The molecule has 0 unspecified atom stereocenters. The maximum Gasteiger partial charge on any atom is 0.352 e. The van der Waals surface area contributed by atoms with Crippen molar-refractivity contribution in [3.63, 3.8) is 0 Å². The number of rotatable bonds is 7. The van der Waals surface area contributed by atoms with Gasteiger partial charge in [-0.25, -0.2) is 4.79 Å². The van der Waals surface area contributed by atoms with Gasteiger partial charge in [-0.1, -0.05) is 42.5 Å². The summed E-state index contributed by atoms with van der Waals surface area (Å²) < 4.78 is 2.17. The van der Waals surface area contributed by atoms with Gasteiger partial charge in [0.15, 0.2) is 0 Å². The van der Waals surface area contributed by atoms with Crippen LogP contribution in [0.4, 0.5) is 0 Å².